The maximum atomic E-state index is 11.5. The predicted molar refractivity (Wildman–Crippen MR) is 60.3 cm³/mol. The molecule has 0 amide bonds. The molecule has 0 saturated carbocycles. The number of hydrogen-bond donors (Lipinski definition) is 0. The van der Waals surface area contributed by atoms with E-state index >= 15 is 0 Å². The molecule has 2 aromatic heterocycles. The van der Waals surface area contributed by atoms with Crippen LogP contribution in [0.25, 0.3) is 10.6 Å². The van der Waals surface area contributed by atoms with Gasteiger partial charge in [-0.1, -0.05) is 6.07 Å². The molecule has 0 fully saturated rings. The molecular formula is C10H9N3O2S. The molecule has 0 aliphatic heterocycles. The summed E-state index contributed by atoms with van der Waals surface area (Å²) in [7, 11) is 0. The highest BCUT2D eigenvalue weighted by Gasteiger charge is 2.06. The van der Waals surface area contributed by atoms with Crippen LogP contribution in [0.15, 0.2) is 28.5 Å². The second-order valence-electron chi connectivity index (χ2n) is 3.26. The molecule has 0 saturated heterocycles. The number of aromatic nitrogens is 3. The highest BCUT2D eigenvalue weighted by molar-refractivity contribution is 7.13. The quantitative estimate of drug-likeness (QED) is 0.794. The van der Waals surface area contributed by atoms with Crippen LogP contribution >= 0.6 is 11.3 Å². The lowest BCUT2D eigenvalue weighted by molar-refractivity contribution is -0.117. The summed E-state index contributed by atoms with van der Waals surface area (Å²) < 4.78 is 1.06. The van der Waals surface area contributed by atoms with E-state index in [1.54, 1.807) is 0 Å². The van der Waals surface area contributed by atoms with Crippen molar-refractivity contribution in [3.05, 3.63) is 34.2 Å². The Kier molecular flexibility index (Phi) is 2.91. The first-order chi connectivity index (χ1) is 7.66. The molecule has 5 nitrogen and oxygen atoms in total. The van der Waals surface area contributed by atoms with Crippen molar-refractivity contribution < 1.29 is 4.79 Å². The van der Waals surface area contributed by atoms with Crippen LogP contribution in [-0.2, 0) is 11.3 Å². The smallest absolute Gasteiger partial charge is 0.298 e. The van der Waals surface area contributed by atoms with Crippen LogP contribution < -0.4 is 5.69 Å². The molecule has 0 atom stereocenters. The van der Waals surface area contributed by atoms with Gasteiger partial charge in [-0.3, -0.25) is 4.79 Å². The van der Waals surface area contributed by atoms with E-state index < -0.39 is 5.69 Å². The summed E-state index contributed by atoms with van der Waals surface area (Å²) in [5, 5.41) is 5.80. The summed E-state index contributed by atoms with van der Waals surface area (Å²) in [6.45, 7) is 1.37. The Bertz CT molecular complexity index is 560. The summed E-state index contributed by atoms with van der Waals surface area (Å²) in [6, 6.07) is 3.74. The fourth-order valence-corrected chi connectivity index (χ4v) is 1.91. The van der Waals surface area contributed by atoms with Gasteiger partial charge in [-0.2, -0.15) is 10.1 Å². The summed E-state index contributed by atoms with van der Waals surface area (Å²) in [4.78, 5) is 27.1. The van der Waals surface area contributed by atoms with Crippen molar-refractivity contribution in [3.63, 3.8) is 0 Å². The molecule has 6 heteroatoms. The number of carbonyl (C=O) groups excluding carboxylic acids is 1. The Morgan fingerprint density at radius 3 is 2.94 bits per heavy atom. The van der Waals surface area contributed by atoms with Gasteiger partial charge in [0, 0.05) is 0 Å². The summed E-state index contributed by atoms with van der Waals surface area (Å²) in [5.74, 6) is -0.125. The van der Waals surface area contributed by atoms with Crippen LogP contribution in [0, 0.1) is 0 Å². The lowest BCUT2D eigenvalue weighted by atomic mass is 10.4. The number of hydrogen-bond acceptors (Lipinski definition) is 5. The Morgan fingerprint density at radius 1 is 1.56 bits per heavy atom. The minimum absolute atomic E-state index is 0.0312. The first kappa shape index (κ1) is 10.7. The van der Waals surface area contributed by atoms with Gasteiger partial charge in [0.15, 0.2) is 5.78 Å². The zero-order valence-electron chi connectivity index (χ0n) is 8.58. The number of nitrogens with zero attached hydrogens (tertiary/aromatic N) is 3. The van der Waals surface area contributed by atoms with Gasteiger partial charge in [-0.25, -0.2) is 9.48 Å². The van der Waals surface area contributed by atoms with Crippen LogP contribution in [0.3, 0.4) is 0 Å². The van der Waals surface area contributed by atoms with Crippen molar-refractivity contribution in [1.29, 1.82) is 0 Å². The van der Waals surface area contributed by atoms with Crippen molar-refractivity contribution in [3.8, 4) is 10.6 Å². The number of ketones is 1. The second-order valence-corrected chi connectivity index (χ2v) is 4.21. The van der Waals surface area contributed by atoms with Gasteiger partial charge in [0.05, 0.1) is 11.1 Å². The predicted octanol–water partition coefficient (Wildman–Crippen LogP) is 0.956. The van der Waals surface area contributed by atoms with Crippen LogP contribution in [0.2, 0.25) is 0 Å². The third kappa shape index (κ3) is 2.22. The summed E-state index contributed by atoms with van der Waals surface area (Å²) >= 11 is 1.49. The summed E-state index contributed by atoms with van der Waals surface area (Å²) in [5.41, 5.74) is 0.0425. The van der Waals surface area contributed by atoms with Crippen LogP contribution in [0.5, 0.6) is 0 Å². The van der Waals surface area contributed by atoms with E-state index in [0.717, 1.165) is 9.56 Å². The van der Waals surface area contributed by atoms with Crippen molar-refractivity contribution in [2.24, 2.45) is 0 Å². The SMILES string of the molecule is CC(=O)Cn1ncc(-c2cccs2)nc1=O. The van der Waals surface area contributed by atoms with Gasteiger partial charge >= 0.3 is 5.69 Å². The molecule has 16 heavy (non-hydrogen) atoms. The highest BCUT2D eigenvalue weighted by atomic mass is 32.1. The minimum atomic E-state index is -0.499. The zero-order valence-corrected chi connectivity index (χ0v) is 9.40. The van der Waals surface area contributed by atoms with E-state index in [1.807, 2.05) is 17.5 Å². The Labute approximate surface area is 95.4 Å². The van der Waals surface area contributed by atoms with E-state index in [2.05, 4.69) is 10.1 Å². The molecule has 2 rings (SSSR count). The lowest BCUT2D eigenvalue weighted by Gasteiger charge is -2.01. The average Bonchev–Trinajstić information content (AvgIpc) is 2.73. The van der Waals surface area contributed by atoms with Crippen LogP contribution in [-0.4, -0.2) is 20.5 Å². The van der Waals surface area contributed by atoms with Crippen molar-refractivity contribution >= 4 is 17.1 Å². The molecule has 0 N–H and O–H groups in total. The molecule has 0 bridgehead atoms. The molecule has 0 aromatic carbocycles. The van der Waals surface area contributed by atoms with E-state index in [9.17, 15) is 9.59 Å². The van der Waals surface area contributed by atoms with Gasteiger partial charge in [0.1, 0.15) is 12.2 Å². The molecule has 2 aromatic rings. The monoisotopic (exact) mass is 235 g/mol. The number of thiophene rings is 1. The maximum absolute atomic E-state index is 11.5. The van der Waals surface area contributed by atoms with Gasteiger partial charge in [-0.05, 0) is 18.4 Å². The standard InChI is InChI=1S/C10H9N3O2S/c1-7(14)6-13-10(15)12-8(5-11-13)9-3-2-4-16-9/h2-5H,6H2,1H3. The fraction of sp³-hybridized carbons (Fsp3) is 0.200. The van der Waals surface area contributed by atoms with E-state index in [-0.39, 0.29) is 12.3 Å². The normalized spacial score (nSPS) is 10.3. The lowest BCUT2D eigenvalue weighted by Crippen LogP contribution is -2.28. The Morgan fingerprint density at radius 2 is 2.38 bits per heavy atom. The van der Waals surface area contributed by atoms with Gasteiger partial charge < -0.3 is 0 Å². The van der Waals surface area contributed by atoms with E-state index in [0.29, 0.717) is 5.69 Å². The van der Waals surface area contributed by atoms with E-state index in [1.165, 1.54) is 24.5 Å². The Hall–Kier alpha value is -1.82. The molecular weight excluding hydrogens is 226 g/mol. The maximum Gasteiger partial charge on any atom is 0.364 e. The fourth-order valence-electron chi connectivity index (χ4n) is 1.23. The largest absolute Gasteiger partial charge is 0.364 e. The highest BCUT2D eigenvalue weighted by Crippen LogP contribution is 2.20. The summed E-state index contributed by atoms with van der Waals surface area (Å²) in [6.07, 6.45) is 1.50. The topological polar surface area (TPSA) is 64.8 Å². The molecule has 0 unspecified atom stereocenters. The molecule has 0 spiro atoms. The van der Waals surface area contributed by atoms with Crippen LogP contribution in [0.1, 0.15) is 6.92 Å². The average molecular weight is 235 g/mol. The molecule has 82 valence electrons. The van der Waals surface area contributed by atoms with Gasteiger partial charge in [0.25, 0.3) is 0 Å². The second kappa shape index (κ2) is 4.36. The van der Waals surface area contributed by atoms with E-state index in [4.69, 9.17) is 0 Å². The van der Waals surface area contributed by atoms with Crippen molar-refractivity contribution in [2.75, 3.05) is 0 Å². The zero-order chi connectivity index (χ0) is 11.5. The first-order valence-electron chi connectivity index (χ1n) is 4.64. The Balaban J connectivity index is 2.37. The van der Waals surface area contributed by atoms with Gasteiger partial charge in [0.2, 0.25) is 0 Å². The van der Waals surface area contributed by atoms with Crippen molar-refractivity contribution in [1.82, 2.24) is 14.8 Å². The third-order valence-electron chi connectivity index (χ3n) is 1.90. The molecule has 0 radical (unpaired) electrons. The first-order valence-corrected chi connectivity index (χ1v) is 5.52. The molecule has 0 aliphatic rings. The third-order valence-corrected chi connectivity index (χ3v) is 2.79. The van der Waals surface area contributed by atoms with Gasteiger partial charge in [-0.15, -0.1) is 11.3 Å². The van der Waals surface area contributed by atoms with Crippen molar-refractivity contribution in [2.45, 2.75) is 13.5 Å². The number of Topliss-reactive ketones (excluding diaryl/α,β-unsaturated/α-hetero) is 1. The number of rotatable bonds is 3. The van der Waals surface area contributed by atoms with Crippen LogP contribution in [0.4, 0.5) is 0 Å². The molecule has 0 aliphatic carbocycles. The molecule has 2 heterocycles. The minimum Gasteiger partial charge on any atom is -0.298 e. The number of carbonyl (C=O) groups is 1.